The summed E-state index contributed by atoms with van der Waals surface area (Å²) in [4.78, 5) is 0. The van der Waals surface area contributed by atoms with Crippen molar-refractivity contribution in [3.63, 3.8) is 0 Å². The van der Waals surface area contributed by atoms with Crippen molar-refractivity contribution < 1.29 is 0 Å². The third kappa shape index (κ3) is 1.75. The lowest BCUT2D eigenvalue weighted by atomic mass is 9.98. The molecule has 0 saturated heterocycles. The SMILES string of the molecule is BrC1(c2ccc3c(c2)-c2ccccc2C3)C=CC=CN1. The molecule has 1 nitrogen and oxygen atoms in total. The molecule has 0 aromatic heterocycles. The summed E-state index contributed by atoms with van der Waals surface area (Å²) in [6, 6.07) is 15.4. The van der Waals surface area contributed by atoms with Crippen molar-refractivity contribution in [2.24, 2.45) is 0 Å². The lowest BCUT2D eigenvalue weighted by molar-refractivity contribution is 0.696. The molecule has 1 heterocycles. The van der Waals surface area contributed by atoms with Crippen molar-refractivity contribution in [2.75, 3.05) is 0 Å². The monoisotopic (exact) mass is 323 g/mol. The molecule has 1 aliphatic carbocycles. The van der Waals surface area contributed by atoms with Crippen molar-refractivity contribution in [2.45, 2.75) is 10.9 Å². The highest BCUT2D eigenvalue weighted by molar-refractivity contribution is 9.09. The van der Waals surface area contributed by atoms with Gasteiger partial charge in [0.05, 0.1) is 0 Å². The van der Waals surface area contributed by atoms with Gasteiger partial charge in [0.25, 0.3) is 0 Å². The molecule has 0 spiro atoms. The van der Waals surface area contributed by atoms with Crippen LogP contribution < -0.4 is 5.32 Å². The topological polar surface area (TPSA) is 12.0 Å². The number of rotatable bonds is 1. The van der Waals surface area contributed by atoms with Gasteiger partial charge in [-0.25, -0.2) is 0 Å². The zero-order valence-electron chi connectivity index (χ0n) is 10.9. The van der Waals surface area contributed by atoms with Gasteiger partial charge in [0.15, 0.2) is 0 Å². The summed E-state index contributed by atoms with van der Waals surface area (Å²) in [5.41, 5.74) is 6.81. The lowest BCUT2D eigenvalue weighted by Crippen LogP contribution is -2.31. The summed E-state index contributed by atoms with van der Waals surface area (Å²) in [5, 5.41) is 3.38. The van der Waals surface area contributed by atoms with E-state index in [1.807, 2.05) is 12.3 Å². The van der Waals surface area contributed by atoms with Crippen LogP contribution in [0.25, 0.3) is 11.1 Å². The molecule has 2 aromatic carbocycles. The standard InChI is InChI=1S/C18H14BrN/c19-18(9-3-4-10-20-18)15-8-7-14-11-13-5-1-2-6-16(13)17(14)12-15/h1-10,12,20H,11H2. The number of allylic oxidation sites excluding steroid dienone is 2. The minimum atomic E-state index is -0.297. The molecule has 1 N–H and O–H groups in total. The average Bonchev–Trinajstić information content (AvgIpc) is 2.86. The number of nitrogens with one attached hydrogen (secondary N) is 1. The van der Waals surface area contributed by atoms with Gasteiger partial charge in [-0.3, -0.25) is 0 Å². The second-order valence-electron chi connectivity index (χ2n) is 5.28. The van der Waals surface area contributed by atoms with E-state index in [2.05, 4.69) is 75.9 Å². The van der Waals surface area contributed by atoms with Crippen molar-refractivity contribution in [1.29, 1.82) is 0 Å². The largest absolute Gasteiger partial charge is 0.369 e. The van der Waals surface area contributed by atoms with E-state index in [4.69, 9.17) is 0 Å². The lowest BCUT2D eigenvalue weighted by Gasteiger charge is -2.27. The van der Waals surface area contributed by atoms with Gasteiger partial charge < -0.3 is 5.32 Å². The minimum Gasteiger partial charge on any atom is -0.369 e. The van der Waals surface area contributed by atoms with Gasteiger partial charge >= 0.3 is 0 Å². The molecule has 20 heavy (non-hydrogen) atoms. The van der Waals surface area contributed by atoms with Gasteiger partial charge in [-0.05, 0) is 58.7 Å². The number of alkyl halides is 1. The molecule has 2 aromatic rings. The van der Waals surface area contributed by atoms with Crippen LogP contribution in [0.4, 0.5) is 0 Å². The summed E-state index contributed by atoms with van der Waals surface area (Å²) in [6.07, 6.45) is 9.21. The van der Waals surface area contributed by atoms with Crippen LogP contribution in [0.1, 0.15) is 16.7 Å². The maximum atomic E-state index is 3.80. The predicted molar refractivity (Wildman–Crippen MR) is 86.7 cm³/mol. The van der Waals surface area contributed by atoms with Crippen molar-refractivity contribution in [3.05, 3.63) is 83.6 Å². The summed E-state index contributed by atoms with van der Waals surface area (Å²) >= 11 is 3.80. The molecule has 0 saturated carbocycles. The molecule has 98 valence electrons. The maximum Gasteiger partial charge on any atom is 0.137 e. The Kier molecular flexibility index (Phi) is 2.61. The highest BCUT2D eigenvalue weighted by Crippen LogP contribution is 2.40. The van der Waals surface area contributed by atoms with E-state index in [9.17, 15) is 0 Å². The molecule has 0 bridgehead atoms. The van der Waals surface area contributed by atoms with Gasteiger partial charge in [0, 0.05) is 0 Å². The maximum absolute atomic E-state index is 3.80. The predicted octanol–water partition coefficient (Wildman–Crippen LogP) is 4.48. The number of dihydropyridines is 1. The average molecular weight is 324 g/mol. The fourth-order valence-electron chi connectivity index (χ4n) is 2.99. The Labute approximate surface area is 127 Å². The number of hydrogen-bond acceptors (Lipinski definition) is 1. The van der Waals surface area contributed by atoms with Crippen LogP contribution in [-0.2, 0) is 10.9 Å². The van der Waals surface area contributed by atoms with Crippen LogP contribution in [0.3, 0.4) is 0 Å². The molecular formula is C18H14BrN. The highest BCUT2D eigenvalue weighted by Gasteiger charge is 2.27. The normalized spacial score (nSPS) is 22.2. The quantitative estimate of drug-likeness (QED) is 0.514. The van der Waals surface area contributed by atoms with E-state index < -0.39 is 0 Å². The van der Waals surface area contributed by atoms with E-state index in [1.54, 1.807) is 0 Å². The molecule has 2 aliphatic rings. The summed E-state index contributed by atoms with van der Waals surface area (Å²) in [6.45, 7) is 0. The van der Waals surface area contributed by atoms with E-state index >= 15 is 0 Å². The molecule has 0 amide bonds. The zero-order chi connectivity index (χ0) is 13.6. The first kappa shape index (κ1) is 12.0. The van der Waals surface area contributed by atoms with E-state index in [0.717, 1.165) is 6.42 Å². The summed E-state index contributed by atoms with van der Waals surface area (Å²) in [5.74, 6) is 0. The minimum absolute atomic E-state index is 0.297. The number of halogens is 1. The van der Waals surface area contributed by atoms with Crippen molar-refractivity contribution >= 4 is 15.9 Å². The smallest absolute Gasteiger partial charge is 0.137 e. The third-order valence-corrected chi connectivity index (χ3v) is 5.00. The van der Waals surface area contributed by atoms with Crippen LogP contribution >= 0.6 is 15.9 Å². The molecule has 1 aliphatic heterocycles. The molecule has 1 atom stereocenters. The Hall–Kier alpha value is -1.80. The second kappa shape index (κ2) is 4.35. The van der Waals surface area contributed by atoms with E-state index in [0.29, 0.717) is 0 Å². The van der Waals surface area contributed by atoms with Crippen LogP contribution in [0, 0.1) is 0 Å². The van der Waals surface area contributed by atoms with Crippen molar-refractivity contribution in [1.82, 2.24) is 5.32 Å². The molecule has 0 radical (unpaired) electrons. The molecule has 4 rings (SSSR count). The Morgan fingerprint density at radius 2 is 1.80 bits per heavy atom. The number of benzene rings is 2. The van der Waals surface area contributed by atoms with Gasteiger partial charge in [-0.2, -0.15) is 0 Å². The highest BCUT2D eigenvalue weighted by atomic mass is 79.9. The van der Waals surface area contributed by atoms with Crippen LogP contribution in [0.15, 0.2) is 66.9 Å². The van der Waals surface area contributed by atoms with Gasteiger partial charge in [-0.15, -0.1) is 0 Å². The molecule has 0 fully saturated rings. The summed E-state index contributed by atoms with van der Waals surface area (Å²) < 4.78 is -0.297. The Bertz CT molecular complexity index is 745. The van der Waals surface area contributed by atoms with Gasteiger partial charge in [-0.1, -0.05) is 58.4 Å². The fraction of sp³-hybridized carbons (Fsp3) is 0.111. The zero-order valence-corrected chi connectivity index (χ0v) is 12.5. The molecule has 2 heteroatoms. The fourth-order valence-corrected chi connectivity index (χ4v) is 3.52. The van der Waals surface area contributed by atoms with Crippen LogP contribution in [0.2, 0.25) is 0 Å². The summed E-state index contributed by atoms with van der Waals surface area (Å²) in [7, 11) is 0. The Morgan fingerprint density at radius 3 is 2.65 bits per heavy atom. The molecular weight excluding hydrogens is 310 g/mol. The number of fused-ring (bicyclic) bond motifs is 3. The van der Waals surface area contributed by atoms with E-state index in [-0.39, 0.29) is 4.45 Å². The first-order chi connectivity index (χ1) is 9.76. The Balaban J connectivity index is 1.84. The molecule has 1 unspecified atom stereocenters. The Morgan fingerprint density at radius 1 is 0.950 bits per heavy atom. The van der Waals surface area contributed by atoms with Crippen LogP contribution in [-0.4, -0.2) is 0 Å². The first-order valence-corrected chi connectivity index (χ1v) is 7.58. The number of hydrogen-bond donors (Lipinski definition) is 1. The van der Waals surface area contributed by atoms with Gasteiger partial charge in [0.2, 0.25) is 0 Å². The van der Waals surface area contributed by atoms with Gasteiger partial charge in [0.1, 0.15) is 4.45 Å². The second-order valence-corrected chi connectivity index (χ2v) is 6.53. The first-order valence-electron chi connectivity index (χ1n) is 6.79. The van der Waals surface area contributed by atoms with E-state index in [1.165, 1.54) is 27.8 Å². The van der Waals surface area contributed by atoms with Crippen LogP contribution in [0.5, 0.6) is 0 Å². The third-order valence-electron chi connectivity index (χ3n) is 4.05. The van der Waals surface area contributed by atoms with Crippen molar-refractivity contribution in [3.8, 4) is 11.1 Å².